The second-order valence-corrected chi connectivity index (χ2v) is 6.99. The minimum atomic E-state index is -0.950. The van der Waals surface area contributed by atoms with Gasteiger partial charge in [0.05, 0.1) is 11.1 Å². The molecule has 120 valence electrons. The first-order chi connectivity index (χ1) is 11.6. The highest BCUT2D eigenvalue weighted by atomic mass is 35.5. The summed E-state index contributed by atoms with van der Waals surface area (Å²) in [6.45, 7) is 0. The highest BCUT2D eigenvalue weighted by molar-refractivity contribution is 7.18. The zero-order valence-corrected chi connectivity index (χ0v) is 14.1. The minimum Gasteiger partial charge on any atom is -0.478 e. The topological polar surface area (TPSA) is 62.2 Å². The van der Waals surface area contributed by atoms with Crippen LogP contribution in [0.3, 0.4) is 0 Å². The van der Waals surface area contributed by atoms with E-state index in [0.29, 0.717) is 5.52 Å². The van der Waals surface area contributed by atoms with E-state index >= 15 is 0 Å². The number of halogens is 1. The summed E-state index contributed by atoms with van der Waals surface area (Å²) in [5, 5.41) is 17.5. The number of aromatic nitrogens is 1. The SMILES string of the molecule is O=C(O)c1ccc2c(c1)nc(NC1=CC=C(Cl)CC1)c1ccsc12. The number of hydrogen-bond donors (Lipinski definition) is 2. The molecule has 0 atom stereocenters. The maximum Gasteiger partial charge on any atom is 0.335 e. The first-order valence-electron chi connectivity index (χ1n) is 7.48. The predicted molar refractivity (Wildman–Crippen MR) is 99.0 cm³/mol. The molecule has 0 unspecified atom stereocenters. The Bertz CT molecular complexity index is 1040. The number of allylic oxidation sites excluding steroid dienone is 4. The third kappa shape index (κ3) is 2.66. The van der Waals surface area contributed by atoms with Gasteiger partial charge in [0.1, 0.15) is 5.82 Å². The Hall–Kier alpha value is -2.37. The van der Waals surface area contributed by atoms with Crippen molar-refractivity contribution in [3.8, 4) is 0 Å². The van der Waals surface area contributed by atoms with Gasteiger partial charge in [-0.05, 0) is 48.6 Å². The largest absolute Gasteiger partial charge is 0.478 e. The van der Waals surface area contributed by atoms with Crippen LogP contribution in [-0.2, 0) is 0 Å². The summed E-state index contributed by atoms with van der Waals surface area (Å²) in [4.78, 5) is 15.9. The molecule has 1 aliphatic carbocycles. The lowest BCUT2D eigenvalue weighted by molar-refractivity contribution is 0.0697. The second-order valence-electron chi connectivity index (χ2n) is 5.59. The summed E-state index contributed by atoms with van der Waals surface area (Å²) in [7, 11) is 0. The number of benzene rings is 1. The summed E-state index contributed by atoms with van der Waals surface area (Å²) in [6, 6.07) is 7.10. The third-order valence-corrected chi connectivity index (χ3v) is 5.28. The van der Waals surface area contributed by atoms with Crippen LogP contribution in [0.4, 0.5) is 5.82 Å². The molecule has 4 nitrogen and oxygen atoms in total. The number of carboxylic acids is 1. The predicted octanol–water partition coefficient (Wildman–Crippen LogP) is 5.36. The molecule has 1 aliphatic rings. The number of nitrogens with one attached hydrogen (secondary N) is 1. The molecule has 4 rings (SSSR count). The van der Waals surface area contributed by atoms with E-state index in [-0.39, 0.29) is 5.56 Å². The van der Waals surface area contributed by atoms with E-state index in [2.05, 4.69) is 10.3 Å². The average molecular weight is 357 g/mol. The van der Waals surface area contributed by atoms with Crippen LogP contribution in [0.15, 0.2) is 52.5 Å². The van der Waals surface area contributed by atoms with Gasteiger partial charge in [-0.2, -0.15) is 0 Å². The number of anilines is 1. The molecule has 0 saturated carbocycles. The molecule has 0 amide bonds. The molecule has 0 aliphatic heterocycles. The quantitative estimate of drug-likeness (QED) is 0.663. The van der Waals surface area contributed by atoms with Gasteiger partial charge in [0.2, 0.25) is 0 Å². The number of hydrogen-bond acceptors (Lipinski definition) is 4. The maximum atomic E-state index is 11.2. The van der Waals surface area contributed by atoms with Gasteiger partial charge in [-0.25, -0.2) is 9.78 Å². The molecule has 0 fully saturated rings. The number of rotatable bonds is 3. The Labute approximate surface area is 147 Å². The van der Waals surface area contributed by atoms with Crippen molar-refractivity contribution in [1.29, 1.82) is 0 Å². The molecule has 2 heterocycles. The smallest absolute Gasteiger partial charge is 0.335 e. The second kappa shape index (κ2) is 5.92. The van der Waals surface area contributed by atoms with Crippen molar-refractivity contribution < 1.29 is 9.90 Å². The molecule has 1 aromatic carbocycles. The maximum absolute atomic E-state index is 11.2. The van der Waals surface area contributed by atoms with Gasteiger partial charge >= 0.3 is 5.97 Å². The fraction of sp³-hybridized carbons (Fsp3) is 0.111. The first-order valence-corrected chi connectivity index (χ1v) is 8.74. The van der Waals surface area contributed by atoms with E-state index in [4.69, 9.17) is 11.6 Å². The monoisotopic (exact) mass is 356 g/mol. The van der Waals surface area contributed by atoms with Crippen LogP contribution in [0.5, 0.6) is 0 Å². The number of carboxylic acid groups (broad SMARTS) is 1. The lowest BCUT2D eigenvalue weighted by Crippen LogP contribution is -2.04. The highest BCUT2D eigenvalue weighted by Gasteiger charge is 2.13. The van der Waals surface area contributed by atoms with Crippen LogP contribution in [-0.4, -0.2) is 16.1 Å². The normalized spacial score (nSPS) is 14.5. The van der Waals surface area contributed by atoms with Gasteiger partial charge in [-0.15, -0.1) is 11.3 Å². The molecule has 0 spiro atoms. The fourth-order valence-electron chi connectivity index (χ4n) is 2.80. The number of carbonyl (C=O) groups is 1. The lowest BCUT2D eigenvalue weighted by Gasteiger charge is -2.15. The molecule has 2 N–H and O–H groups in total. The van der Waals surface area contributed by atoms with E-state index in [1.54, 1.807) is 23.5 Å². The van der Waals surface area contributed by atoms with Crippen molar-refractivity contribution in [2.24, 2.45) is 0 Å². The van der Waals surface area contributed by atoms with Crippen molar-refractivity contribution in [3.63, 3.8) is 0 Å². The van der Waals surface area contributed by atoms with Crippen molar-refractivity contribution >= 4 is 55.7 Å². The van der Waals surface area contributed by atoms with Crippen LogP contribution < -0.4 is 5.32 Å². The van der Waals surface area contributed by atoms with E-state index in [9.17, 15) is 9.90 Å². The number of pyridine rings is 1. The fourth-order valence-corrected chi connectivity index (χ4v) is 3.89. The molecule has 0 bridgehead atoms. The van der Waals surface area contributed by atoms with Crippen LogP contribution >= 0.6 is 22.9 Å². The Kier molecular flexibility index (Phi) is 3.75. The van der Waals surface area contributed by atoms with E-state index in [0.717, 1.165) is 44.9 Å². The molecule has 0 radical (unpaired) electrons. The summed E-state index contributed by atoms with van der Waals surface area (Å²) < 4.78 is 1.10. The standard InChI is InChI=1S/C18H13ClN2O2S/c19-11-2-4-12(5-3-11)20-17-14-7-8-24-16(14)13-6-1-10(18(22)23)9-15(13)21-17/h1-2,4,6-9H,3,5H2,(H,20,21)(H,22,23). The molecule has 6 heteroatoms. The van der Waals surface area contributed by atoms with Gasteiger partial charge in [0.25, 0.3) is 0 Å². The van der Waals surface area contributed by atoms with Crippen molar-refractivity contribution in [2.45, 2.75) is 12.8 Å². The molecule has 24 heavy (non-hydrogen) atoms. The number of aromatic carboxylic acids is 1. The molecule has 3 aromatic rings. The van der Waals surface area contributed by atoms with Crippen LogP contribution in [0, 0.1) is 0 Å². The Balaban J connectivity index is 1.86. The first kappa shape index (κ1) is 15.2. The average Bonchev–Trinajstić information content (AvgIpc) is 3.06. The van der Waals surface area contributed by atoms with Gasteiger partial charge in [0, 0.05) is 26.2 Å². The molecule has 2 aromatic heterocycles. The Morgan fingerprint density at radius 1 is 1.21 bits per heavy atom. The number of thiophene rings is 1. The van der Waals surface area contributed by atoms with E-state index in [1.807, 2.05) is 29.7 Å². The van der Waals surface area contributed by atoms with Gasteiger partial charge in [-0.1, -0.05) is 17.7 Å². The minimum absolute atomic E-state index is 0.239. The lowest BCUT2D eigenvalue weighted by atomic mass is 10.1. The summed E-state index contributed by atoms with van der Waals surface area (Å²) in [5.74, 6) is -0.201. The van der Waals surface area contributed by atoms with Crippen molar-refractivity contribution in [3.05, 3.63) is 58.1 Å². The van der Waals surface area contributed by atoms with Crippen LogP contribution in [0.1, 0.15) is 23.2 Å². The van der Waals surface area contributed by atoms with E-state index in [1.165, 1.54) is 0 Å². The third-order valence-electron chi connectivity index (χ3n) is 4.02. The number of nitrogens with zero attached hydrogens (tertiary/aromatic N) is 1. The highest BCUT2D eigenvalue weighted by Crippen LogP contribution is 2.35. The van der Waals surface area contributed by atoms with Crippen LogP contribution in [0.2, 0.25) is 0 Å². The molecular formula is C18H13ClN2O2S. The van der Waals surface area contributed by atoms with Gasteiger partial charge < -0.3 is 10.4 Å². The Morgan fingerprint density at radius 2 is 2.08 bits per heavy atom. The summed E-state index contributed by atoms with van der Waals surface area (Å²) in [5.41, 5.74) is 1.97. The zero-order valence-electron chi connectivity index (χ0n) is 12.5. The van der Waals surface area contributed by atoms with E-state index < -0.39 is 5.97 Å². The van der Waals surface area contributed by atoms with Crippen LogP contribution in [0.25, 0.3) is 21.0 Å². The zero-order chi connectivity index (χ0) is 16.7. The van der Waals surface area contributed by atoms with Gasteiger partial charge in [0.15, 0.2) is 0 Å². The molecular weight excluding hydrogens is 344 g/mol. The summed E-state index contributed by atoms with van der Waals surface area (Å²) in [6.07, 6.45) is 5.49. The Morgan fingerprint density at radius 3 is 2.83 bits per heavy atom. The molecule has 0 saturated heterocycles. The van der Waals surface area contributed by atoms with Gasteiger partial charge in [-0.3, -0.25) is 0 Å². The van der Waals surface area contributed by atoms with Crippen molar-refractivity contribution in [2.75, 3.05) is 5.32 Å². The summed E-state index contributed by atoms with van der Waals surface area (Å²) >= 11 is 7.63. The number of fused-ring (bicyclic) bond motifs is 3. The van der Waals surface area contributed by atoms with Crippen molar-refractivity contribution in [1.82, 2.24) is 4.98 Å².